The Morgan fingerprint density at radius 1 is 1.14 bits per heavy atom. The fraction of sp³-hybridized carbons (Fsp3) is 0.469. The maximum absolute atomic E-state index is 13.8. The molecule has 11 heteroatoms. The lowest BCUT2D eigenvalue weighted by atomic mass is 9.47. The summed E-state index contributed by atoms with van der Waals surface area (Å²) in [5, 5.41) is 32.3. The summed E-state index contributed by atoms with van der Waals surface area (Å²) in [6, 6.07) is 12.1. The van der Waals surface area contributed by atoms with Gasteiger partial charge >= 0.3 is 17.9 Å². The molecule has 0 radical (unpaired) electrons. The average Bonchev–Trinajstić information content (AvgIpc) is 3.32. The average molecular weight is 595 g/mol. The minimum Gasteiger partial charge on any atom is -0.493 e. The molecule has 1 heterocycles. The third-order valence-corrected chi connectivity index (χ3v) is 9.29. The van der Waals surface area contributed by atoms with E-state index in [0.717, 1.165) is 30.9 Å². The van der Waals surface area contributed by atoms with E-state index in [1.54, 1.807) is 43.5 Å². The van der Waals surface area contributed by atoms with Crippen molar-refractivity contribution in [2.45, 2.75) is 81.1 Å². The molecule has 0 aromatic heterocycles. The van der Waals surface area contributed by atoms with Crippen LogP contribution in [-0.2, 0) is 40.4 Å². The fourth-order valence-electron chi connectivity index (χ4n) is 7.56. The van der Waals surface area contributed by atoms with Crippen LogP contribution in [-0.4, -0.2) is 64.4 Å². The third kappa shape index (κ3) is 4.66. The summed E-state index contributed by atoms with van der Waals surface area (Å²) in [6.07, 6.45) is -1.58. The quantitative estimate of drug-likeness (QED) is 0.274. The van der Waals surface area contributed by atoms with Gasteiger partial charge in [-0.2, -0.15) is 0 Å². The maximum Gasteiger partial charge on any atom is 0.345 e. The van der Waals surface area contributed by atoms with Crippen molar-refractivity contribution in [3.05, 3.63) is 71.0 Å². The molecular weight excluding hydrogens is 560 g/mol. The lowest BCUT2D eigenvalue weighted by molar-refractivity contribution is -0.216. The number of ether oxygens (including phenoxy) is 5. The number of aliphatic carboxylic acids is 1. The summed E-state index contributed by atoms with van der Waals surface area (Å²) < 4.78 is 28.8. The molecule has 11 nitrogen and oxygen atoms in total. The van der Waals surface area contributed by atoms with Crippen LogP contribution in [0.3, 0.4) is 0 Å². The highest BCUT2D eigenvalue weighted by molar-refractivity contribution is 5.78. The van der Waals surface area contributed by atoms with Gasteiger partial charge in [-0.15, -0.1) is 0 Å². The van der Waals surface area contributed by atoms with Gasteiger partial charge in [0.05, 0.1) is 24.5 Å². The van der Waals surface area contributed by atoms with Crippen molar-refractivity contribution in [1.82, 2.24) is 0 Å². The molecule has 43 heavy (non-hydrogen) atoms. The number of benzene rings is 2. The van der Waals surface area contributed by atoms with Crippen LogP contribution in [0, 0.1) is 5.92 Å². The molecule has 1 aliphatic heterocycles. The number of methoxy groups -OCH3 is 1. The highest BCUT2D eigenvalue weighted by Crippen LogP contribution is 2.67. The summed E-state index contributed by atoms with van der Waals surface area (Å²) in [5.74, 6) is -1.76. The van der Waals surface area contributed by atoms with Crippen LogP contribution < -0.4 is 9.47 Å². The number of rotatable bonds is 10. The van der Waals surface area contributed by atoms with Crippen LogP contribution in [0.1, 0.15) is 61.8 Å². The monoisotopic (exact) mass is 594 g/mol. The lowest BCUT2D eigenvalue weighted by Crippen LogP contribution is -2.67. The number of aliphatic hydroxyl groups excluding tert-OH is 1. The molecule has 7 atom stereocenters. The molecule has 1 spiro atoms. The van der Waals surface area contributed by atoms with Crippen LogP contribution in [0.5, 0.6) is 11.5 Å². The predicted molar refractivity (Wildman–Crippen MR) is 148 cm³/mol. The topological polar surface area (TPSA) is 158 Å². The van der Waals surface area contributed by atoms with E-state index < -0.39 is 59.9 Å². The third-order valence-electron chi connectivity index (χ3n) is 9.29. The van der Waals surface area contributed by atoms with E-state index in [4.69, 9.17) is 23.7 Å². The first kappa shape index (κ1) is 29.2. The molecule has 1 saturated carbocycles. The van der Waals surface area contributed by atoms with Gasteiger partial charge in [-0.05, 0) is 54.9 Å². The number of carbonyl (C=O) groups excluding carboxylic acids is 2. The van der Waals surface area contributed by atoms with E-state index >= 15 is 0 Å². The first-order chi connectivity index (χ1) is 20.6. The molecule has 3 aliphatic carbocycles. The largest absolute Gasteiger partial charge is 0.493 e. The normalized spacial score (nSPS) is 28.3. The summed E-state index contributed by atoms with van der Waals surface area (Å²) in [6.45, 7) is 1.07. The van der Waals surface area contributed by atoms with Crippen molar-refractivity contribution >= 4 is 17.9 Å². The molecule has 3 N–H and O–H groups in total. The van der Waals surface area contributed by atoms with Crippen LogP contribution in [0.25, 0.3) is 0 Å². The Balaban J connectivity index is 1.33. The second kappa shape index (κ2) is 11.0. The van der Waals surface area contributed by atoms with E-state index in [9.17, 15) is 29.7 Å². The SMILES string of the molecule is COc1ccc2c3c1O[C@H]1C(OC(=O)[C@@H](OC(O)[C@H](CC(=O)O)OC(C)=O)c4ccccc4)=CC[C@@]4(O)[C@H](CCC[C@]314)C2. The minimum atomic E-state index is -1.96. The zero-order valence-electron chi connectivity index (χ0n) is 23.9. The zero-order valence-corrected chi connectivity index (χ0v) is 23.9. The summed E-state index contributed by atoms with van der Waals surface area (Å²) in [4.78, 5) is 36.8. The van der Waals surface area contributed by atoms with Gasteiger partial charge in [0.15, 0.2) is 36.1 Å². The molecule has 2 bridgehead atoms. The van der Waals surface area contributed by atoms with Crippen molar-refractivity contribution in [2.75, 3.05) is 7.11 Å². The Hall–Kier alpha value is -3.93. The van der Waals surface area contributed by atoms with Crippen molar-refractivity contribution in [1.29, 1.82) is 0 Å². The number of hydrogen-bond donors (Lipinski definition) is 3. The second-order valence-electron chi connectivity index (χ2n) is 11.6. The second-order valence-corrected chi connectivity index (χ2v) is 11.6. The number of hydrogen-bond acceptors (Lipinski definition) is 10. The Labute approximate surface area is 248 Å². The van der Waals surface area contributed by atoms with Crippen molar-refractivity contribution in [2.24, 2.45) is 5.92 Å². The van der Waals surface area contributed by atoms with Crippen molar-refractivity contribution in [3.63, 3.8) is 0 Å². The van der Waals surface area contributed by atoms with Gasteiger partial charge in [-0.25, -0.2) is 4.79 Å². The molecule has 2 aromatic rings. The van der Waals surface area contributed by atoms with E-state index in [2.05, 4.69) is 0 Å². The Morgan fingerprint density at radius 3 is 2.60 bits per heavy atom. The van der Waals surface area contributed by atoms with Gasteiger partial charge in [-0.1, -0.05) is 42.8 Å². The van der Waals surface area contributed by atoms with Gasteiger partial charge in [-0.3, -0.25) is 9.59 Å². The van der Waals surface area contributed by atoms with E-state index in [1.165, 1.54) is 0 Å². The van der Waals surface area contributed by atoms with Crippen LogP contribution in [0.15, 0.2) is 54.3 Å². The first-order valence-corrected chi connectivity index (χ1v) is 14.4. The molecule has 228 valence electrons. The van der Waals surface area contributed by atoms with Crippen molar-refractivity contribution < 1.29 is 53.4 Å². The van der Waals surface area contributed by atoms with Gasteiger partial charge in [0.25, 0.3) is 0 Å². The Bertz CT molecular complexity index is 1450. The molecular formula is C32H34O11. The van der Waals surface area contributed by atoms with E-state index in [0.29, 0.717) is 29.9 Å². The molecule has 2 aromatic carbocycles. The summed E-state index contributed by atoms with van der Waals surface area (Å²) >= 11 is 0. The predicted octanol–water partition coefficient (Wildman–Crippen LogP) is 3.09. The van der Waals surface area contributed by atoms with Gasteiger partial charge < -0.3 is 39.0 Å². The van der Waals surface area contributed by atoms with Gasteiger partial charge in [0.2, 0.25) is 0 Å². The number of esters is 2. The zero-order chi connectivity index (χ0) is 30.5. The molecule has 4 aliphatic rings. The number of carboxylic acid groups (broad SMARTS) is 1. The summed E-state index contributed by atoms with van der Waals surface area (Å²) in [7, 11) is 1.55. The molecule has 1 fully saturated rings. The minimum absolute atomic E-state index is 0.00990. The highest BCUT2D eigenvalue weighted by atomic mass is 16.7. The standard InChI is InChI=1S/C32H34O11/c1-17(33)40-23(16-24(34)35)29(36)43-26(18-7-4-3-5-8-18)30(37)41-22-12-14-32(38)20-9-6-13-31(32)25-19(15-20)10-11-21(39-2)27(25)42-28(22)31/h3-5,7-8,10-12,20,23,26,28-29,36,38H,6,9,13-16H2,1-2H3,(H,34,35)/t20-,23+,26+,28+,29?,31+,32-/m1/s1. The Kier molecular flexibility index (Phi) is 7.44. The summed E-state index contributed by atoms with van der Waals surface area (Å²) in [5.41, 5.74) is 0.368. The van der Waals surface area contributed by atoms with Crippen LogP contribution in [0.4, 0.5) is 0 Å². The smallest absolute Gasteiger partial charge is 0.345 e. The molecule has 0 saturated heterocycles. The lowest BCUT2D eigenvalue weighted by Gasteiger charge is -2.59. The van der Waals surface area contributed by atoms with Crippen LogP contribution >= 0.6 is 0 Å². The maximum atomic E-state index is 13.8. The number of carbonyl (C=O) groups is 3. The molecule has 1 unspecified atom stereocenters. The first-order valence-electron chi connectivity index (χ1n) is 14.4. The highest BCUT2D eigenvalue weighted by Gasteiger charge is 2.71. The fourth-order valence-corrected chi connectivity index (χ4v) is 7.56. The Morgan fingerprint density at radius 2 is 1.91 bits per heavy atom. The number of aliphatic hydroxyl groups is 2. The van der Waals surface area contributed by atoms with Crippen LogP contribution in [0.2, 0.25) is 0 Å². The molecule has 0 amide bonds. The van der Waals surface area contributed by atoms with Gasteiger partial charge in [0.1, 0.15) is 5.76 Å². The van der Waals surface area contributed by atoms with Gasteiger partial charge in [0, 0.05) is 12.5 Å². The van der Waals surface area contributed by atoms with Crippen molar-refractivity contribution in [3.8, 4) is 11.5 Å². The number of carboxylic acids is 1. The molecule has 6 rings (SSSR count). The van der Waals surface area contributed by atoms with E-state index in [-0.39, 0.29) is 18.1 Å². The van der Waals surface area contributed by atoms with E-state index in [1.807, 2.05) is 12.1 Å².